The van der Waals surface area contributed by atoms with Crippen LogP contribution in [0.5, 0.6) is 0 Å². The SMILES string of the molecule is Cc1ccc(Cl)cc1NC(=O)CC(C)NCc1ccc(C(=O)O)cc1. The molecule has 2 rings (SSSR count). The second-order valence-electron chi connectivity index (χ2n) is 6.00. The standard InChI is InChI=1S/C19H21ClN2O3/c1-12-3-8-16(20)10-17(12)22-18(23)9-13(2)21-11-14-4-6-15(7-5-14)19(24)25/h3-8,10,13,21H,9,11H2,1-2H3,(H,22,23)(H,24,25). The van der Waals surface area contributed by atoms with Crippen molar-refractivity contribution in [3.63, 3.8) is 0 Å². The summed E-state index contributed by atoms with van der Waals surface area (Å²) in [5.74, 6) is -1.03. The molecule has 0 radical (unpaired) electrons. The molecule has 0 saturated carbocycles. The van der Waals surface area contributed by atoms with Crippen LogP contribution in [-0.2, 0) is 11.3 Å². The van der Waals surface area contributed by atoms with Gasteiger partial charge in [-0.05, 0) is 49.2 Å². The van der Waals surface area contributed by atoms with E-state index in [4.69, 9.17) is 16.7 Å². The van der Waals surface area contributed by atoms with Gasteiger partial charge in [-0.2, -0.15) is 0 Å². The molecule has 1 unspecified atom stereocenters. The second-order valence-corrected chi connectivity index (χ2v) is 6.43. The van der Waals surface area contributed by atoms with Crippen LogP contribution in [-0.4, -0.2) is 23.0 Å². The van der Waals surface area contributed by atoms with Gasteiger partial charge in [0.05, 0.1) is 5.56 Å². The molecule has 0 aliphatic rings. The van der Waals surface area contributed by atoms with E-state index >= 15 is 0 Å². The molecule has 2 aromatic carbocycles. The lowest BCUT2D eigenvalue weighted by Gasteiger charge is -2.15. The number of amides is 1. The van der Waals surface area contributed by atoms with E-state index in [0.29, 0.717) is 23.7 Å². The van der Waals surface area contributed by atoms with Gasteiger partial charge in [0, 0.05) is 29.7 Å². The topological polar surface area (TPSA) is 78.4 Å². The van der Waals surface area contributed by atoms with Crippen molar-refractivity contribution < 1.29 is 14.7 Å². The summed E-state index contributed by atoms with van der Waals surface area (Å²) in [4.78, 5) is 23.0. The first kappa shape index (κ1) is 19.0. The van der Waals surface area contributed by atoms with Crippen molar-refractivity contribution in [2.75, 3.05) is 5.32 Å². The number of benzene rings is 2. The highest BCUT2D eigenvalue weighted by molar-refractivity contribution is 6.31. The Labute approximate surface area is 152 Å². The summed E-state index contributed by atoms with van der Waals surface area (Å²) in [6.07, 6.45) is 0.319. The normalized spacial score (nSPS) is 11.8. The van der Waals surface area contributed by atoms with Crippen molar-refractivity contribution >= 4 is 29.2 Å². The zero-order chi connectivity index (χ0) is 18.4. The van der Waals surface area contributed by atoms with E-state index in [9.17, 15) is 9.59 Å². The molecule has 0 saturated heterocycles. The fourth-order valence-corrected chi connectivity index (χ4v) is 2.51. The molecular formula is C19H21ClN2O3. The molecule has 6 heteroatoms. The van der Waals surface area contributed by atoms with Crippen LogP contribution in [0.2, 0.25) is 5.02 Å². The molecule has 0 aliphatic carbocycles. The number of hydrogen-bond donors (Lipinski definition) is 3. The zero-order valence-corrected chi connectivity index (χ0v) is 14.9. The number of hydrogen-bond acceptors (Lipinski definition) is 3. The van der Waals surface area contributed by atoms with E-state index in [0.717, 1.165) is 11.1 Å². The number of carboxylic acid groups (broad SMARTS) is 1. The Morgan fingerprint density at radius 1 is 1.16 bits per heavy atom. The first-order valence-electron chi connectivity index (χ1n) is 7.97. The van der Waals surface area contributed by atoms with Gasteiger partial charge < -0.3 is 15.7 Å². The first-order valence-corrected chi connectivity index (χ1v) is 8.34. The Hall–Kier alpha value is -2.37. The molecule has 0 heterocycles. The number of aryl methyl sites for hydroxylation is 1. The molecule has 0 aliphatic heterocycles. The van der Waals surface area contributed by atoms with E-state index < -0.39 is 5.97 Å². The monoisotopic (exact) mass is 360 g/mol. The summed E-state index contributed by atoms with van der Waals surface area (Å²) in [6.45, 7) is 4.40. The fourth-order valence-electron chi connectivity index (χ4n) is 2.34. The smallest absolute Gasteiger partial charge is 0.335 e. The molecule has 3 N–H and O–H groups in total. The van der Waals surface area contributed by atoms with Crippen molar-refractivity contribution in [2.45, 2.75) is 32.9 Å². The highest BCUT2D eigenvalue weighted by Crippen LogP contribution is 2.20. The van der Waals surface area contributed by atoms with Gasteiger partial charge >= 0.3 is 5.97 Å². The van der Waals surface area contributed by atoms with Crippen LogP contribution in [0.25, 0.3) is 0 Å². The number of anilines is 1. The molecule has 0 spiro atoms. The number of aromatic carboxylic acids is 1. The molecule has 2 aromatic rings. The van der Waals surface area contributed by atoms with Crippen molar-refractivity contribution in [1.29, 1.82) is 0 Å². The average molecular weight is 361 g/mol. The highest BCUT2D eigenvalue weighted by Gasteiger charge is 2.11. The minimum Gasteiger partial charge on any atom is -0.478 e. The van der Waals surface area contributed by atoms with Gasteiger partial charge in [-0.25, -0.2) is 4.79 Å². The summed E-state index contributed by atoms with van der Waals surface area (Å²) < 4.78 is 0. The maximum atomic E-state index is 12.2. The van der Waals surface area contributed by atoms with Crippen molar-refractivity contribution in [2.24, 2.45) is 0 Å². The van der Waals surface area contributed by atoms with Crippen molar-refractivity contribution in [3.05, 3.63) is 64.2 Å². The molecule has 1 amide bonds. The Balaban J connectivity index is 1.83. The molecule has 132 valence electrons. The third kappa shape index (κ3) is 5.89. The number of nitrogens with one attached hydrogen (secondary N) is 2. The summed E-state index contributed by atoms with van der Waals surface area (Å²) in [7, 11) is 0. The maximum Gasteiger partial charge on any atom is 0.335 e. The van der Waals surface area contributed by atoms with Crippen LogP contribution in [0.3, 0.4) is 0 Å². The largest absolute Gasteiger partial charge is 0.478 e. The quantitative estimate of drug-likeness (QED) is 0.700. The van der Waals surface area contributed by atoms with Gasteiger partial charge in [0.2, 0.25) is 5.91 Å². The third-order valence-electron chi connectivity index (χ3n) is 3.82. The van der Waals surface area contributed by atoms with Gasteiger partial charge in [0.15, 0.2) is 0 Å². The van der Waals surface area contributed by atoms with Crippen LogP contribution in [0.15, 0.2) is 42.5 Å². The zero-order valence-electron chi connectivity index (χ0n) is 14.2. The van der Waals surface area contributed by atoms with Gasteiger partial charge in [-0.15, -0.1) is 0 Å². The lowest BCUT2D eigenvalue weighted by atomic mass is 10.1. The lowest BCUT2D eigenvalue weighted by molar-refractivity contribution is -0.116. The Morgan fingerprint density at radius 2 is 1.84 bits per heavy atom. The average Bonchev–Trinajstić information content (AvgIpc) is 2.56. The molecule has 0 fully saturated rings. The first-order chi connectivity index (χ1) is 11.8. The van der Waals surface area contributed by atoms with Crippen LogP contribution in [0.1, 0.15) is 34.8 Å². The minimum absolute atomic E-state index is 0.0290. The van der Waals surface area contributed by atoms with Crippen molar-refractivity contribution in [1.82, 2.24) is 5.32 Å². The Morgan fingerprint density at radius 3 is 2.48 bits per heavy atom. The molecule has 25 heavy (non-hydrogen) atoms. The fraction of sp³-hybridized carbons (Fsp3) is 0.263. The number of carbonyl (C=O) groups excluding carboxylic acids is 1. The van der Waals surface area contributed by atoms with Gasteiger partial charge in [0.25, 0.3) is 0 Å². The van der Waals surface area contributed by atoms with E-state index in [2.05, 4.69) is 10.6 Å². The molecule has 1 atom stereocenters. The van der Waals surface area contributed by atoms with Crippen LogP contribution in [0, 0.1) is 6.92 Å². The molecule has 0 aromatic heterocycles. The number of carboxylic acids is 1. The highest BCUT2D eigenvalue weighted by atomic mass is 35.5. The van der Waals surface area contributed by atoms with E-state index in [-0.39, 0.29) is 17.5 Å². The predicted octanol–water partition coefficient (Wildman–Crippen LogP) is 3.85. The van der Waals surface area contributed by atoms with Crippen LogP contribution in [0.4, 0.5) is 5.69 Å². The number of carbonyl (C=O) groups is 2. The van der Waals surface area contributed by atoms with Crippen LogP contribution < -0.4 is 10.6 Å². The van der Waals surface area contributed by atoms with Crippen molar-refractivity contribution in [3.8, 4) is 0 Å². The van der Waals surface area contributed by atoms with Gasteiger partial charge in [0.1, 0.15) is 0 Å². The number of halogens is 1. The molecular weight excluding hydrogens is 340 g/mol. The number of rotatable bonds is 7. The third-order valence-corrected chi connectivity index (χ3v) is 4.06. The predicted molar refractivity (Wildman–Crippen MR) is 99.1 cm³/mol. The second kappa shape index (κ2) is 8.65. The Bertz CT molecular complexity index is 760. The molecule has 0 bridgehead atoms. The summed E-state index contributed by atoms with van der Waals surface area (Å²) in [5.41, 5.74) is 2.89. The maximum absolute atomic E-state index is 12.2. The summed E-state index contributed by atoms with van der Waals surface area (Å²) >= 11 is 5.95. The van der Waals surface area contributed by atoms with E-state index in [1.54, 1.807) is 36.4 Å². The van der Waals surface area contributed by atoms with Crippen LogP contribution >= 0.6 is 11.6 Å². The van der Waals surface area contributed by atoms with Gasteiger partial charge in [-0.3, -0.25) is 4.79 Å². The van der Waals surface area contributed by atoms with E-state index in [1.807, 2.05) is 19.9 Å². The summed E-state index contributed by atoms with van der Waals surface area (Å²) in [5, 5.41) is 15.6. The minimum atomic E-state index is -0.944. The lowest BCUT2D eigenvalue weighted by Crippen LogP contribution is -2.30. The van der Waals surface area contributed by atoms with E-state index in [1.165, 1.54) is 0 Å². The van der Waals surface area contributed by atoms with Gasteiger partial charge in [-0.1, -0.05) is 29.8 Å². The molecule has 5 nitrogen and oxygen atoms in total. The Kier molecular flexibility index (Phi) is 6.56. The summed E-state index contributed by atoms with van der Waals surface area (Å²) in [6, 6.07) is 12.0.